The van der Waals surface area contributed by atoms with E-state index in [4.69, 9.17) is 0 Å². The second-order valence-electron chi connectivity index (χ2n) is 5.65. The molecule has 1 aromatic rings. The fourth-order valence-electron chi connectivity index (χ4n) is 2.15. The molecular formula is C15H25NO. The number of rotatable bonds is 6. The van der Waals surface area contributed by atoms with E-state index in [0.717, 1.165) is 5.69 Å². The molecule has 17 heavy (non-hydrogen) atoms. The van der Waals surface area contributed by atoms with Gasteiger partial charge in [0.2, 0.25) is 0 Å². The summed E-state index contributed by atoms with van der Waals surface area (Å²) >= 11 is 0. The van der Waals surface area contributed by atoms with Gasteiger partial charge in [0.15, 0.2) is 0 Å². The number of anilines is 1. The summed E-state index contributed by atoms with van der Waals surface area (Å²) in [4.78, 5) is 0. The maximum Gasteiger partial charge on any atom is 0.115 e. The molecule has 0 radical (unpaired) electrons. The summed E-state index contributed by atoms with van der Waals surface area (Å²) in [6.07, 6.45) is 2.36. The first-order valence-electron chi connectivity index (χ1n) is 6.53. The summed E-state index contributed by atoms with van der Waals surface area (Å²) in [6, 6.07) is 7.83. The molecule has 0 fully saturated rings. The van der Waals surface area contributed by atoms with E-state index in [0.29, 0.717) is 23.6 Å². The van der Waals surface area contributed by atoms with Crippen LogP contribution in [0, 0.1) is 11.8 Å². The largest absolute Gasteiger partial charge is 0.508 e. The molecule has 0 bridgehead atoms. The number of benzene rings is 1. The fraction of sp³-hybridized carbons (Fsp3) is 0.600. The van der Waals surface area contributed by atoms with Crippen molar-refractivity contribution in [2.45, 2.75) is 46.6 Å². The van der Waals surface area contributed by atoms with Crippen LogP contribution in [0.15, 0.2) is 24.3 Å². The van der Waals surface area contributed by atoms with E-state index in [9.17, 15) is 5.11 Å². The molecule has 0 atom stereocenters. The van der Waals surface area contributed by atoms with Crippen molar-refractivity contribution < 1.29 is 5.11 Å². The molecule has 0 spiro atoms. The number of hydrogen-bond donors (Lipinski definition) is 2. The predicted molar refractivity (Wildman–Crippen MR) is 74.4 cm³/mol. The summed E-state index contributed by atoms with van der Waals surface area (Å²) in [5.41, 5.74) is 1.09. The van der Waals surface area contributed by atoms with Gasteiger partial charge in [-0.25, -0.2) is 0 Å². The van der Waals surface area contributed by atoms with Crippen molar-refractivity contribution in [3.63, 3.8) is 0 Å². The molecule has 0 amide bonds. The number of nitrogens with one attached hydrogen (secondary N) is 1. The molecule has 0 saturated carbocycles. The number of phenolic OH excluding ortho intramolecular Hbond substituents is 1. The third-order valence-electron chi connectivity index (χ3n) is 2.75. The first-order valence-corrected chi connectivity index (χ1v) is 6.53. The zero-order valence-electron chi connectivity index (χ0n) is 11.4. The van der Waals surface area contributed by atoms with E-state index in [1.165, 1.54) is 12.8 Å². The molecule has 0 aliphatic rings. The Bertz CT molecular complexity index is 306. The molecule has 0 aliphatic heterocycles. The highest BCUT2D eigenvalue weighted by Crippen LogP contribution is 2.20. The number of aromatic hydroxyl groups is 1. The van der Waals surface area contributed by atoms with Crippen LogP contribution in [-0.2, 0) is 0 Å². The van der Waals surface area contributed by atoms with Crippen LogP contribution in [-0.4, -0.2) is 11.1 Å². The van der Waals surface area contributed by atoms with Crippen LogP contribution in [0.5, 0.6) is 5.75 Å². The van der Waals surface area contributed by atoms with Gasteiger partial charge >= 0.3 is 0 Å². The second-order valence-corrected chi connectivity index (χ2v) is 5.65. The van der Waals surface area contributed by atoms with E-state index in [1.807, 2.05) is 12.1 Å². The van der Waals surface area contributed by atoms with Gasteiger partial charge in [-0.3, -0.25) is 0 Å². The second kappa shape index (κ2) is 6.53. The molecule has 2 nitrogen and oxygen atoms in total. The SMILES string of the molecule is CC(C)CC(CC(C)C)Nc1ccc(O)cc1. The average molecular weight is 235 g/mol. The highest BCUT2D eigenvalue weighted by atomic mass is 16.3. The minimum atomic E-state index is 0.319. The standard InChI is InChI=1S/C15H25NO/c1-11(2)9-14(10-12(3)4)16-13-5-7-15(17)8-6-13/h5-8,11-12,14,16-17H,9-10H2,1-4H3. The molecule has 0 saturated heterocycles. The van der Waals surface area contributed by atoms with Gasteiger partial charge in [0.05, 0.1) is 0 Å². The van der Waals surface area contributed by atoms with Gasteiger partial charge in [-0.05, 0) is 48.9 Å². The lowest BCUT2D eigenvalue weighted by Gasteiger charge is -2.23. The first kappa shape index (κ1) is 13.9. The van der Waals surface area contributed by atoms with Crippen molar-refractivity contribution in [3.05, 3.63) is 24.3 Å². The molecule has 2 N–H and O–H groups in total. The van der Waals surface area contributed by atoms with Crippen LogP contribution in [0.1, 0.15) is 40.5 Å². The van der Waals surface area contributed by atoms with Crippen LogP contribution in [0.2, 0.25) is 0 Å². The van der Waals surface area contributed by atoms with Crippen LogP contribution >= 0.6 is 0 Å². The summed E-state index contributed by atoms with van der Waals surface area (Å²) in [6.45, 7) is 9.02. The maximum absolute atomic E-state index is 9.25. The van der Waals surface area contributed by atoms with Crippen molar-refractivity contribution in [2.75, 3.05) is 5.32 Å². The van der Waals surface area contributed by atoms with Crippen molar-refractivity contribution in [1.29, 1.82) is 0 Å². The van der Waals surface area contributed by atoms with E-state index < -0.39 is 0 Å². The van der Waals surface area contributed by atoms with E-state index in [2.05, 4.69) is 33.0 Å². The zero-order chi connectivity index (χ0) is 12.8. The minimum absolute atomic E-state index is 0.319. The normalized spacial score (nSPS) is 11.5. The van der Waals surface area contributed by atoms with Crippen LogP contribution in [0.4, 0.5) is 5.69 Å². The first-order chi connectivity index (χ1) is 7.97. The Labute approximate surface area is 105 Å². The van der Waals surface area contributed by atoms with Crippen molar-refractivity contribution in [1.82, 2.24) is 0 Å². The maximum atomic E-state index is 9.25. The summed E-state index contributed by atoms with van der Waals surface area (Å²) < 4.78 is 0. The van der Waals surface area contributed by atoms with Gasteiger partial charge in [-0.2, -0.15) is 0 Å². The quantitative estimate of drug-likeness (QED) is 0.722. The Kier molecular flexibility index (Phi) is 5.33. The molecule has 2 heteroatoms. The van der Waals surface area contributed by atoms with E-state index in [1.54, 1.807) is 12.1 Å². The lowest BCUT2D eigenvalue weighted by Crippen LogP contribution is -2.23. The van der Waals surface area contributed by atoms with Crippen LogP contribution in [0.3, 0.4) is 0 Å². The summed E-state index contributed by atoms with van der Waals surface area (Å²) in [5.74, 6) is 1.71. The zero-order valence-corrected chi connectivity index (χ0v) is 11.4. The van der Waals surface area contributed by atoms with Gasteiger partial charge in [0.25, 0.3) is 0 Å². The van der Waals surface area contributed by atoms with E-state index >= 15 is 0 Å². The van der Waals surface area contributed by atoms with Gasteiger partial charge in [0, 0.05) is 11.7 Å². The average Bonchev–Trinajstić information content (AvgIpc) is 2.19. The third kappa shape index (κ3) is 5.62. The Morgan fingerprint density at radius 2 is 1.41 bits per heavy atom. The van der Waals surface area contributed by atoms with Gasteiger partial charge in [-0.1, -0.05) is 27.7 Å². The molecule has 0 heterocycles. The molecule has 0 aromatic heterocycles. The van der Waals surface area contributed by atoms with Crippen molar-refractivity contribution in [2.24, 2.45) is 11.8 Å². The number of phenols is 1. The monoisotopic (exact) mass is 235 g/mol. The Morgan fingerprint density at radius 1 is 0.941 bits per heavy atom. The molecule has 1 aromatic carbocycles. The van der Waals surface area contributed by atoms with Gasteiger partial charge in [0.1, 0.15) is 5.75 Å². The predicted octanol–water partition coefficient (Wildman–Crippen LogP) is 4.26. The van der Waals surface area contributed by atoms with Crippen LogP contribution < -0.4 is 5.32 Å². The number of hydrogen-bond acceptors (Lipinski definition) is 2. The Hall–Kier alpha value is -1.18. The van der Waals surface area contributed by atoms with Crippen molar-refractivity contribution >= 4 is 5.69 Å². The molecule has 0 aliphatic carbocycles. The molecule has 1 rings (SSSR count). The Morgan fingerprint density at radius 3 is 1.82 bits per heavy atom. The Balaban J connectivity index is 2.61. The third-order valence-corrected chi connectivity index (χ3v) is 2.75. The minimum Gasteiger partial charge on any atom is -0.508 e. The van der Waals surface area contributed by atoms with Gasteiger partial charge in [-0.15, -0.1) is 0 Å². The molecule has 96 valence electrons. The fourth-order valence-corrected chi connectivity index (χ4v) is 2.15. The lowest BCUT2D eigenvalue weighted by molar-refractivity contribution is 0.442. The topological polar surface area (TPSA) is 32.3 Å². The highest BCUT2D eigenvalue weighted by Gasteiger charge is 2.12. The lowest BCUT2D eigenvalue weighted by atomic mass is 9.95. The van der Waals surface area contributed by atoms with Gasteiger partial charge < -0.3 is 10.4 Å². The summed E-state index contributed by atoms with van der Waals surface area (Å²) in [7, 11) is 0. The van der Waals surface area contributed by atoms with Crippen LogP contribution in [0.25, 0.3) is 0 Å². The van der Waals surface area contributed by atoms with Crippen molar-refractivity contribution in [3.8, 4) is 5.75 Å². The highest BCUT2D eigenvalue weighted by molar-refractivity contribution is 5.46. The molecular weight excluding hydrogens is 210 g/mol. The molecule has 0 unspecified atom stereocenters. The summed E-state index contributed by atoms with van der Waals surface area (Å²) in [5, 5.41) is 12.8. The van der Waals surface area contributed by atoms with E-state index in [-0.39, 0.29) is 0 Å². The smallest absolute Gasteiger partial charge is 0.115 e.